The first-order chi connectivity index (χ1) is 14.6. The molecule has 1 amide bonds. The van der Waals surface area contributed by atoms with Crippen LogP contribution in [0.4, 0.5) is 0 Å². The molecule has 4 nitrogen and oxygen atoms in total. The lowest BCUT2D eigenvalue weighted by molar-refractivity contribution is -0.149. The molecule has 5 heteroatoms. The highest BCUT2D eigenvalue weighted by molar-refractivity contribution is 7.21. The van der Waals surface area contributed by atoms with Crippen molar-refractivity contribution in [2.75, 3.05) is 19.7 Å². The van der Waals surface area contributed by atoms with E-state index in [1.165, 1.54) is 11.1 Å². The molecule has 0 N–H and O–H groups in total. The SMILES string of the molecule is CCOC(=O)C1CCCN(C(=O)c2sc3ccccc3c2Cc2ccc(C)cc2)C1. The molecule has 2 heterocycles. The molecule has 3 aromatic rings. The Bertz CT molecular complexity index is 1050. The van der Waals surface area contributed by atoms with Crippen LogP contribution in [0.3, 0.4) is 0 Å². The Morgan fingerprint density at radius 1 is 1.13 bits per heavy atom. The number of nitrogens with zero attached hydrogens (tertiary/aromatic N) is 1. The molecule has 0 spiro atoms. The Balaban J connectivity index is 1.65. The van der Waals surface area contributed by atoms with Crippen LogP contribution in [0, 0.1) is 12.8 Å². The summed E-state index contributed by atoms with van der Waals surface area (Å²) in [4.78, 5) is 28.4. The van der Waals surface area contributed by atoms with Crippen molar-refractivity contribution >= 4 is 33.3 Å². The van der Waals surface area contributed by atoms with E-state index in [-0.39, 0.29) is 17.8 Å². The maximum Gasteiger partial charge on any atom is 0.310 e. The van der Waals surface area contributed by atoms with Crippen LogP contribution in [0.1, 0.15) is 46.1 Å². The second-order valence-corrected chi connectivity index (χ2v) is 8.96. The number of rotatable bonds is 5. The van der Waals surface area contributed by atoms with E-state index in [9.17, 15) is 9.59 Å². The smallest absolute Gasteiger partial charge is 0.310 e. The average molecular weight is 422 g/mol. The number of piperidine rings is 1. The van der Waals surface area contributed by atoms with Gasteiger partial charge in [-0.15, -0.1) is 11.3 Å². The number of ether oxygens (including phenoxy) is 1. The van der Waals surface area contributed by atoms with Crippen molar-refractivity contribution in [1.29, 1.82) is 0 Å². The second-order valence-electron chi connectivity index (χ2n) is 7.91. The molecule has 0 saturated carbocycles. The van der Waals surface area contributed by atoms with Crippen molar-refractivity contribution in [3.05, 3.63) is 70.1 Å². The van der Waals surface area contributed by atoms with Gasteiger partial charge < -0.3 is 9.64 Å². The van der Waals surface area contributed by atoms with Gasteiger partial charge in [-0.25, -0.2) is 0 Å². The van der Waals surface area contributed by atoms with Crippen LogP contribution in [-0.2, 0) is 16.0 Å². The summed E-state index contributed by atoms with van der Waals surface area (Å²) in [5.41, 5.74) is 3.51. The van der Waals surface area contributed by atoms with Crippen LogP contribution in [0.5, 0.6) is 0 Å². The van der Waals surface area contributed by atoms with Crippen LogP contribution in [-0.4, -0.2) is 36.5 Å². The predicted octanol–water partition coefficient (Wildman–Crippen LogP) is 5.22. The van der Waals surface area contributed by atoms with E-state index in [2.05, 4.69) is 43.3 Å². The summed E-state index contributed by atoms with van der Waals surface area (Å²) in [7, 11) is 0. The number of amides is 1. The predicted molar refractivity (Wildman–Crippen MR) is 121 cm³/mol. The van der Waals surface area contributed by atoms with Gasteiger partial charge >= 0.3 is 5.97 Å². The van der Waals surface area contributed by atoms with Gasteiger partial charge in [0.05, 0.1) is 17.4 Å². The van der Waals surface area contributed by atoms with Gasteiger partial charge in [0.2, 0.25) is 0 Å². The number of benzene rings is 2. The quantitative estimate of drug-likeness (QED) is 0.531. The van der Waals surface area contributed by atoms with Crippen molar-refractivity contribution in [2.24, 2.45) is 5.92 Å². The number of hydrogen-bond acceptors (Lipinski definition) is 4. The van der Waals surface area contributed by atoms with Crippen molar-refractivity contribution in [1.82, 2.24) is 4.90 Å². The molecule has 1 atom stereocenters. The Labute approximate surface area is 181 Å². The third-order valence-corrected chi connectivity index (χ3v) is 6.92. The standard InChI is InChI=1S/C25H27NO3S/c1-3-29-25(28)19-7-6-14-26(16-19)24(27)23-21(15-18-12-10-17(2)11-13-18)20-8-4-5-9-22(20)30-23/h4-5,8-13,19H,3,6-7,14-16H2,1-2H3. The first kappa shape index (κ1) is 20.6. The molecule has 156 valence electrons. The number of fused-ring (bicyclic) bond motifs is 1. The van der Waals surface area contributed by atoms with E-state index in [4.69, 9.17) is 4.74 Å². The number of esters is 1. The van der Waals surface area contributed by atoms with Gasteiger partial charge in [-0.05, 0) is 55.7 Å². The minimum Gasteiger partial charge on any atom is -0.466 e. The molecule has 0 bridgehead atoms. The highest BCUT2D eigenvalue weighted by Gasteiger charge is 2.31. The third kappa shape index (κ3) is 4.26. The van der Waals surface area contributed by atoms with E-state index >= 15 is 0 Å². The highest BCUT2D eigenvalue weighted by Crippen LogP contribution is 2.34. The van der Waals surface area contributed by atoms with Crippen molar-refractivity contribution in [3.8, 4) is 0 Å². The van der Waals surface area contributed by atoms with Gasteiger partial charge in [-0.2, -0.15) is 0 Å². The highest BCUT2D eigenvalue weighted by atomic mass is 32.1. The molecular weight excluding hydrogens is 394 g/mol. The molecule has 1 aromatic heterocycles. The molecule has 1 aliphatic heterocycles. The van der Waals surface area contributed by atoms with Gasteiger partial charge in [-0.1, -0.05) is 48.0 Å². The Morgan fingerprint density at radius 2 is 1.90 bits per heavy atom. The van der Waals surface area contributed by atoms with Crippen LogP contribution in [0.2, 0.25) is 0 Å². The number of aryl methyl sites for hydroxylation is 1. The summed E-state index contributed by atoms with van der Waals surface area (Å²) in [5.74, 6) is -0.379. The number of hydrogen-bond donors (Lipinski definition) is 0. The largest absolute Gasteiger partial charge is 0.466 e. The Kier molecular flexibility index (Phi) is 6.18. The number of carbonyl (C=O) groups excluding carboxylic acids is 2. The van der Waals surface area contributed by atoms with Gasteiger partial charge in [-0.3, -0.25) is 9.59 Å². The minimum atomic E-state index is -0.224. The van der Waals surface area contributed by atoms with Crippen molar-refractivity contribution < 1.29 is 14.3 Å². The van der Waals surface area contributed by atoms with E-state index in [1.54, 1.807) is 11.3 Å². The summed E-state index contributed by atoms with van der Waals surface area (Å²) in [6.45, 7) is 5.40. The number of likely N-dealkylation sites (tertiary alicyclic amines) is 1. The van der Waals surface area contributed by atoms with Crippen LogP contribution < -0.4 is 0 Å². The van der Waals surface area contributed by atoms with E-state index in [1.807, 2.05) is 24.0 Å². The summed E-state index contributed by atoms with van der Waals surface area (Å²) in [5, 5.41) is 1.14. The summed E-state index contributed by atoms with van der Waals surface area (Å²) in [6.07, 6.45) is 2.33. The maximum absolute atomic E-state index is 13.5. The van der Waals surface area contributed by atoms with E-state index in [0.29, 0.717) is 19.7 Å². The summed E-state index contributed by atoms with van der Waals surface area (Å²) >= 11 is 1.56. The molecule has 1 fully saturated rings. The second kappa shape index (κ2) is 9.00. The van der Waals surface area contributed by atoms with Gasteiger partial charge in [0.15, 0.2) is 0 Å². The average Bonchev–Trinajstić information content (AvgIpc) is 3.13. The molecule has 0 radical (unpaired) electrons. The lowest BCUT2D eigenvalue weighted by atomic mass is 9.97. The zero-order chi connectivity index (χ0) is 21.1. The molecule has 4 rings (SSSR count). The molecule has 1 unspecified atom stereocenters. The summed E-state index contributed by atoms with van der Waals surface area (Å²) in [6, 6.07) is 16.7. The minimum absolute atomic E-state index is 0.0345. The normalized spacial score (nSPS) is 16.6. The molecule has 0 aliphatic carbocycles. The lowest BCUT2D eigenvalue weighted by Crippen LogP contribution is -2.42. The topological polar surface area (TPSA) is 46.6 Å². The fraction of sp³-hybridized carbons (Fsp3) is 0.360. The zero-order valence-corrected chi connectivity index (χ0v) is 18.3. The molecule has 1 saturated heterocycles. The zero-order valence-electron chi connectivity index (χ0n) is 17.5. The number of thiophene rings is 1. The lowest BCUT2D eigenvalue weighted by Gasteiger charge is -2.31. The fourth-order valence-corrected chi connectivity index (χ4v) is 5.30. The van der Waals surface area contributed by atoms with E-state index < -0.39 is 0 Å². The van der Waals surface area contributed by atoms with Crippen LogP contribution >= 0.6 is 11.3 Å². The van der Waals surface area contributed by atoms with Crippen molar-refractivity contribution in [2.45, 2.75) is 33.1 Å². The molecule has 2 aromatic carbocycles. The first-order valence-corrected chi connectivity index (χ1v) is 11.4. The summed E-state index contributed by atoms with van der Waals surface area (Å²) < 4.78 is 6.33. The fourth-order valence-electron chi connectivity index (χ4n) is 4.11. The Morgan fingerprint density at radius 3 is 2.67 bits per heavy atom. The van der Waals surface area contributed by atoms with Gasteiger partial charge in [0, 0.05) is 17.8 Å². The van der Waals surface area contributed by atoms with Crippen LogP contribution in [0.15, 0.2) is 48.5 Å². The maximum atomic E-state index is 13.5. The van der Waals surface area contributed by atoms with Crippen LogP contribution in [0.25, 0.3) is 10.1 Å². The monoisotopic (exact) mass is 421 g/mol. The van der Waals surface area contributed by atoms with Gasteiger partial charge in [0.1, 0.15) is 0 Å². The molecule has 1 aliphatic rings. The van der Waals surface area contributed by atoms with Crippen molar-refractivity contribution in [3.63, 3.8) is 0 Å². The third-order valence-electron chi connectivity index (χ3n) is 5.72. The Hall–Kier alpha value is -2.66. The molecular formula is C25H27NO3S. The number of carbonyl (C=O) groups is 2. The van der Waals surface area contributed by atoms with E-state index in [0.717, 1.165) is 39.8 Å². The molecule has 30 heavy (non-hydrogen) atoms. The van der Waals surface area contributed by atoms with Gasteiger partial charge in [0.25, 0.3) is 5.91 Å². The first-order valence-electron chi connectivity index (χ1n) is 10.6.